The van der Waals surface area contributed by atoms with Crippen molar-refractivity contribution in [1.82, 2.24) is 19.9 Å². The van der Waals surface area contributed by atoms with Gasteiger partial charge in [0.05, 0.1) is 28.0 Å². The lowest BCUT2D eigenvalue weighted by atomic mass is 9.82. The van der Waals surface area contributed by atoms with Crippen LogP contribution in [-0.2, 0) is 17.3 Å². The Hall–Kier alpha value is -2.14. The third-order valence-electron chi connectivity index (χ3n) is 4.88. The summed E-state index contributed by atoms with van der Waals surface area (Å²) in [5.74, 6) is 0. The number of aromatic nitrogens is 4. The van der Waals surface area contributed by atoms with E-state index in [4.69, 9.17) is 4.98 Å². The first-order chi connectivity index (χ1) is 11.9. The van der Waals surface area contributed by atoms with E-state index in [1.54, 1.807) is 11.3 Å². The van der Waals surface area contributed by atoms with Crippen LogP contribution in [0.2, 0.25) is 0 Å². The van der Waals surface area contributed by atoms with Gasteiger partial charge in [0.25, 0.3) is 0 Å². The zero-order valence-corrected chi connectivity index (χ0v) is 16.3. The van der Waals surface area contributed by atoms with Crippen molar-refractivity contribution in [2.75, 3.05) is 0 Å². The first kappa shape index (κ1) is 17.7. The summed E-state index contributed by atoms with van der Waals surface area (Å²) in [6, 6.07) is 4.27. The summed E-state index contributed by atoms with van der Waals surface area (Å²) in [6.07, 6.45) is 8.54. The van der Waals surface area contributed by atoms with Crippen molar-refractivity contribution in [1.29, 1.82) is 0 Å². The third-order valence-corrected chi connectivity index (χ3v) is 5.98. The molecule has 0 saturated heterocycles. The van der Waals surface area contributed by atoms with Gasteiger partial charge in [-0.15, -0.1) is 11.3 Å². The molecule has 4 nitrogen and oxygen atoms in total. The van der Waals surface area contributed by atoms with E-state index in [-0.39, 0.29) is 10.8 Å². The molecule has 3 rings (SSSR count). The van der Waals surface area contributed by atoms with Gasteiger partial charge >= 0.3 is 0 Å². The van der Waals surface area contributed by atoms with Crippen LogP contribution in [-0.4, -0.2) is 19.9 Å². The standard InChI is InChI=1S/C20H24N4S/c1-6-15-10-24-17(11-22-15)20(4,5)16-8-7-14(9-23-16)19(2,3)18-12-21-13-25-18/h7-13H,6H2,1-5H3. The van der Waals surface area contributed by atoms with Gasteiger partial charge in [-0.25, -0.2) is 0 Å². The Kier molecular flexibility index (Phi) is 4.69. The van der Waals surface area contributed by atoms with Crippen molar-refractivity contribution in [2.45, 2.75) is 51.9 Å². The Morgan fingerprint density at radius 1 is 0.840 bits per heavy atom. The molecule has 0 N–H and O–H groups in total. The van der Waals surface area contributed by atoms with Crippen LogP contribution in [0.4, 0.5) is 0 Å². The molecule has 0 aromatic carbocycles. The minimum atomic E-state index is -0.285. The highest BCUT2D eigenvalue weighted by molar-refractivity contribution is 7.09. The van der Waals surface area contributed by atoms with Crippen LogP contribution in [0.5, 0.6) is 0 Å². The Morgan fingerprint density at radius 2 is 1.60 bits per heavy atom. The summed E-state index contributed by atoms with van der Waals surface area (Å²) in [7, 11) is 0. The fourth-order valence-corrected chi connectivity index (χ4v) is 3.56. The Balaban J connectivity index is 1.90. The SMILES string of the molecule is CCc1cnc(C(C)(C)c2ccc(C(C)(C)c3cncs3)cn2)cn1. The van der Waals surface area contributed by atoms with Crippen molar-refractivity contribution in [3.8, 4) is 0 Å². The lowest BCUT2D eigenvalue weighted by Crippen LogP contribution is -2.24. The predicted molar refractivity (Wildman–Crippen MR) is 102 cm³/mol. The minimum Gasteiger partial charge on any atom is -0.260 e. The van der Waals surface area contributed by atoms with Gasteiger partial charge in [-0.2, -0.15) is 0 Å². The van der Waals surface area contributed by atoms with Gasteiger partial charge in [0.2, 0.25) is 0 Å². The van der Waals surface area contributed by atoms with E-state index in [0.717, 1.165) is 23.5 Å². The number of pyridine rings is 1. The molecule has 0 aliphatic carbocycles. The lowest BCUT2D eigenvalue weighted by molar-refractivity contribution is 0.584. The molecule has 0 bridgehead atoms. The second-order valence-corrected chi connectivity index (χ2v) is 8.18. The quantitative estimate of drug-likeness (QED) is 0.676. The van der Waals surface area contributed by atoms with Gasteiger partial charge in [-0.1, -0.05) is 26.8 Å². The smallest absolute Gasteiger partial charge is 0.0794 e. The monoisotopic (exact) mass is 352 g/mol. The first-order valence-electron chi connectivity index (χ1n) is 8.53. The van der Waals surface area contributed by atoms with E-state index in [1.165, 1.54) is 10.4 Å². The molecule has 25 heavy (non-hydrogen) atoms. The Morgan fingerprint density at radius 3 is 2.12 bits per heavy atom. The molecule has 3 aromatic heterocycles. The molecular weight excluding hydrogens is 328 g/mol. The van der Waals surface area contributed by atoms with Crippen LogP contribution < -0.4 is 0 Å². The van der Waals surface area contributed by atoms with Gasteiger partial charge < -0.3 is 0 Å². The molecule has 0 radical (unpaired) electrons. The average Bonchev–Trinajstić information content (AvgIpc) is 3.17. The van der Waals surface area contributed by atoms with E-state index in [1.807, 2.05) is 30.3 Å². The fraction of sp³-hybridized carbons (Fsp3) is 0.400. The number of aryl methyl sites for hydroxylation is 1. The molecule has 0 aliphatic heterocycles. The number of nitrogens with zero attached hydrogens (tertiary/aromatic N) is 4. The molecule has 3 aromatic rings. The van der Waals surface area contributed by atoms with Crippen LogP contribution in [0.15, 0.2) is 42.4 Å². The molecule has 0 spiro atoms. The molecule has 3 heterocycles. The third kappa shape index (κ3) is 3.33. The molecule has 0 saturated carbocycles. The van der Waals surface area contributed by atoms with Crippen LogP contribution in [0.1, 0.15) is 62.1 Å². The van der Waals surface area contributed by atoms with Gasteiger partial charge in [-0.05, 0) is 31.9 Å². The van der Waals surface area contributed by atoms with Gasteiger partial charge in [0.15, 0.2) is 0 Å². The van der Waals surface area contributed by atoms with E-state index in [0.29, 0.717) is 0 Å². The van der Waals surface area contributed by atoms with E-state index >= 15 is 0 Å². The normalized spacial score (nSPS) is 12.4. The van der Waals surface area contributed by atoms with Crippen molar-refractivity contribution >= 4 is 11.3 Å². The van der Waals surface area contributed by atoms with Crippen LogP contribution in [0.25, 0.3) is 0 Å². The number of rotatable bonds is 5. The maximum absolute atomic E-state index is 4.76. The largest absolute Gasteiger partial charge is 0.260 e. The number of thiazole rings is 1. The predicted octanol–water partition coefficient (Wildman–Crippen LogP) is 4.54. The molecule has 0 unspecified atom stereocenters. The summed E-state index contributed by atoms with van der Waals surface area (Å²) in [5, 5.41) is 0. The zero-order valence-electron chi connectivity index (χ0n) is 15.4. The zero-order chi connectivity index (χ0) is 18.1. The second-order valence-electron chi connectivity index (χ2n) is 7.29. The van der Waals surface area contributed by atoms with Gasteiger partial charge in [0, 0.05) is 35.1 Å². The number of hydrogen-bond donors (Lipinski definition) is 0. The highest BCUT2D eigenvalue weighted by Crippen LogP contribution is 2.35. The lowest BCUT2D eigenvalue weighted by Gasteiger charge is -2.26. The van der Waals surface area contributed by atoms with E-state index in [2.05, 4.69) is 61.7 Å². The second kappa shape index (κ2) is 6.64. The summed E-state index contributed by atoms with van der Waals surface area (Å²) >= 11 is 1.68. The topological polar surface area (TPSA) is 51.6 Å². The summed E-state index contributed by atoms with van der Waals surface area (Å²) in [4.78, 5) is 19.3. The average molecular weight is 353 g/mol. The van der Waals surface area contributed by atoms with Crippen molar-refractivity contribution in [2.24, 2.45) is 0 Å². The van der Waals surface area contributed by atoms with Crippen LogP contribution >= 0.6 is 11.3 Å². The maximum Gasteiger partial charge on any atom is 0.0794 e. The molecule has 0 aliphatic rings. The Labute approximate surface area is 153 Å². The van der Waals surface area contributed by atoms with Crippen LogP contribution in [0, 0.1) is 0 Å². The summed E-state index contributed by atoms with van der Waals surface area (Å²) in [6.45, 7) is 10.8. The summed E-state index contributed by atoms with van der Waals surface area (Å²) in [5.41, 5.74) is 5.62. The number of hydrogen-bond acceptors (Lipinski definition) is 5. The van der Waals surface area contributed by atoms with Crippen molar-refractivity contribution in [3.63, 3.8) is 0 Å². The summed E-state index contributed by atoms with van der Waals surface area (Å²) < 4.78 is 0. The Bertz CT molecular complexity index is 819. The molecule has 5 heteroatoms. The molecule has 130 valence electrons. The highest BCUT2D eigenvalue weighted by Gasteiger charge is 2.29. The maximum atomic E-state index is 4.76. The van der Waals surface area contributed by atoms with Gasteiger partial charge in [-0.3, -0.25) is 19.9 Å². The first-order valence-corrected chi connectivity index (χ1v) is 9.41. The molecule has 0 atom stereocenters. The van der Waals surface area contributed by atoms with E-state index in [9.17, 15) is 0 Å². The van der Waals surface area contributed by atoms with Gasteiger partial charge in [0.1, 0.15) is 0 Å². The van der Waals surface area contributed by atoms with Crippen molar-refractivity contribution in [3.05, 3.63) is 70.0 Å². The van der Waals surface area contributed by atoms with Crippen molar-refractivity contribution < 1.29 is 0 Å². The molecule has 0 amide bonds. The fourth-order valence-electron chi connectivity index (χ4n) is 2.79. The molecular formula is C20H24N4S. The minimum absolute atomic E-state index is 0.0978. The van der Waals surface area contributed by atoms with E-state index < -0.39 is 0 Å². The van der Waals surface area contributed by atoms with Crippen LogP contribution in [0.3, 0.4) is 0 Å². The molecule has 0 fully saturated rings. The highest BCUT2D eigenvalue weighted by atomic mass is 32.1.